The quantitative estimate of drug-likeness (QED) is 0.531. The Balaban J connectivity index is 2.02. The van der Waals surface area contributed by atoms with Crippen LogP contribution in [0.25, 0.3) is 0 Å². The molecule has 1 aliphatic carbocycles. The summed E-state index contributed by atoms with van der Waals surface area (Å²) in [6, 6.07) is -0.525. The van der Waals surface area contributed by atoms with E-state index in [0.29, 0.717) is 13.1 Å². The number of allylic oxidation sites excluding steroid dienone is 1. The maximum Gasteiger partial charge on any atom is 0.231 e. The van der Waals surface area contributed by atoms with Crippen LogP contribution in [0.4, 0.5) is 0 Å². The zero-order chi connectivity index (χ0) is 17.4. The van der Waals surface area contributed by atoms with Gasteiger partial charge in [-0.3, -0.25) is 9.59 Å². The summed E-state index contributed by atoms with van der Waals surface area (Å²) in [6.45, 7) is 5.50. The lowest BCUT2D eigenvalue weighted by atomic mass is 9.72. The van der Waals surface area contributed by atoms with Gasteiger partial charge in [0.15, 0.2) is 0 Å². The van der Waals surface area contributed by atoms with Gasteiger partial charge < -0.3 is 9.80 Å². The average molecular weight is 373 g/mol. The lowest BCUT2D eigenvalue weighted by Crippen LogP contribution is -2.74. The SMILES string of the molecule is CCCCN1C(=O)[C@H]2/C=C\[C@@H](Cl)C3C(=O)N(CCCC)[C@H]2[C@H](Cl)C31. The number of carbonyl (C=O) groups excluding carboxylic acids is 2. The first-order chi connectivity index (χ1) is 11.5. The summed E-state index contributed by atoms with van der Waals surface area (Å²) in [5.74, 6) is -0.641. The third-order valence-corrected chi connectivity index (χ3v) is 6.53. The van der Waals surface area contributed by atoms with Crippen LogP contribution in [-0.4, -0.2) is 57.5 Å². The van der Waals surface area contributed by atoms with E-state index in [0.717, 1.165) is 25.7 Å². The summed E-state index contributed by atoms with van der Waals surface area (Å²) < 4.78 is 0. The van der Waals surface area contributed by atoms with Crippen LogP contribution < -0.4 is 0 Å². The number of amides is 2. The Hall–Kier alpha value is -0.740. The summed E-state index contributed by atoms with van der Waals surface area (Å²) >= 11 is 13.4. The molecule has 5 rings (SSSR count). The number of hydrogen-bond donors (Lipinski definition) is 0. The van der Waals surface area contributed by atoms with Gasteiger partial charge in [-0.05, 0) is 12.8 Å². The first kappa shape index (κ1) is 18.1. The van der Waals surface area contributed by atoms with Crippen molar-refractivity contribution in [1.82, 2.24) is 9.80 Å². The maximum absolute atomic E-state index is 13.1. The number of alkyl halides is 2. The Morgan fingerprint density at radius 1 is 0.917 bits per heavy atom. The molecule has 4 heterocycles. The Morgan fingerprint density at radius 2 is 1.50 bits per heavy atom. The van der Waals surface area contributed by atoms with Gasteiger partial charge in [0.25, 0.3) is 0 Å². The number of unbranched alkanes of at least 4 members (excludes halogenated alkanes) is 2. The number of piperidine rings is 2. The van der Waals surface area contributed by atoms with Crippen LogP contribution in [-0.2, 0) is 9.59 Å². The van der Waals surface area contributed by atoms with E-state index in [2.05, 4.69) is 13.8 Å². The molecule has 2 amide bonds. The van der Waals surface area contributed by atoms with Gasteiger partial charge in [-0.1, -0.05) is 38.8 Å². The molecule has 0 radical (unpaired) electrons. The standard InChI is InChI=1S/C18H26Cl2N2O2/c1-3-5-9-21-15-11-7-8-12(19)13(18(21)24)16(14(15)20)22(17(11)23)10-6-4-2/h7-8,11-16H,3-6,9-10H2,1-2H3/b8-7-/t11-,12+,13?,14-,15+,16?/m0/s1. The van der Waals surface area contributed by atoms with Crippen molar-refractivity contribution < 1.29 is 9.59 Å². The van der Waals surface area contributed by atoms with E-state index >= 15 is 0 Å². The normalized spacial score (nSPS) is 39.3. The molecule has 0 aromatic rings. The van der Waals surface area contributed by atoms with Gasteiger partial charge in [0.05, 0.1) is 34.7 Å². The molecule has 6 atom stereocenters. The van der Waals surface area contributed by atoms with Crippen LogP contribution in [0.1, 0.15) is 39.5 Å². The molecule has 2 unspecified atom stereocenters. The molecule has 0 spiro atoms. The lowest BCUT2D eigenvalue weighted by Gasteiger charge is -2.58. The van der Waals surface area contributed by atoms with Gasteiger partial charge in [-0.2, -0.15) is 0 Å². The maximum atomic E-state index is 13.1. The number of nitrogens with zero attached hydrogens (tertiary/aromatic N) is 2. The molecule has 6 heteroatoms. The van der Waals surface area contributed by atoms with Crippen molar-refractivity contribution in [1.29, 1.82) is 0 Å². The molecule has 4 bridgehead atoms. The predicted molar refractivity (Wildman–Crippen MR) is 96.2 cm³/mol. The zero-order valence-corrected chi connectivity index (χ0v) is 15.8. The van der Waals surface area contributed by atoms with Crippen molar-refractivity contribution in [3.63, 3.8) is 0 Å². The highest BCUT2D eigenvalue weighted by atomic mass is 35.5. The fraction of sp³-hybridized carbons (Fsp3) is 0.778. The Kier molecular flexibility index (Phi) is 5.45. The summed E-state index contributed by atoms with van der Waals surface area (Å²) in [4.78, 5) is 29.9. The topological polar surface area (TPSA) is 40.6 Å². The Morgan fingerprint density at radius 3 is 2.08 bits per heavy atom. The minimum Gasteiger partial charge on any atom is -0.337 e. The molecule has 2 saturated heterocycles. The first-order valence-corrected chi connectivity index (χ1v) is 9.97. The largest absolute Gasteiger partial charge is 0.337 e. The summed E-state index contributed by atoms with van der Waals surface area (Å²) in [7, 11) is 0. The van der Waals surface area contributed by atoms with Crippen molar-refractivity contribution in [3.05, 3.63) is 12.2 Å². The average Bonchev–Trinajstić information content (AvgIpc) is 2.55. The van der Waals surface area contributed by atoms with Crippen LogP contribution >= 0.6 is 23.2 Å². The molecule has 4 aliphatic heterocycles. The van der Waals surface area contributed by atoms with Crippen LogP contribution in [0, 0.1) is 11.8 Å². The van der Waals surface area contributed by atoms with Crippen molar-refractivity contribution >= 4 is 35.0 Å². The third-order valence-electron chi connectivity index (χ3n) is 5.60. The second-order valence-electron chi connectivity index (χ2n) is 7.08. The molecule has 2 fully saturated rings. The van der Waals surface area contributed by atoms with E-state index in [9.17, 15) is 9.59 Å². The van der Waals surface area contributed by atoms with Crippen molar-refractivity contribution in [2.24, 2.45) is 11.8 Å². The second kappa shape index (κ2) is 7.25. The van der Waals surface area contributed by atoms with Crippen molar-refractivity contribution in [2.45, 2.75) is 62.4 Å². The lowest BCUT2D eigenvalue weighted by molar-refractivity contribution is -0.163. The molecule has 5 aliphatic rings. The number of halogens is 2. The van der Waals surface area contributed by atoms with Gasteiger partial charge >= 0.3 is 0 Å². The van der Waals surface area contributed by atoms with Crippen molar-refractivity contribution in [2.75, 3.05) is 13.1 Å². The van der Waals surface area contributed by atoms with E-state index in [-0.39, 0.29) is 35.2 Å². The summed E-state index contributed by atoms with van der Waals surface area (Å²) in [6.07, 6.45) is 7.56. The van der Waals surface area contributed by atoms with Crippen LogP contribution in [0.2, 0.25) is 0 Å². The number of carbonyl (C=O) groups is 2. The fourth-order valence-electron chi connectivity index (χ4n) is 4.34. The zero-order valence-electron chi connectivity index (χ0n) is 14.3. The molecule has 0 aromatic carbocycles. The van der Waals surface area contributed by atoms with Gasteiger partial charge in [0.2, 0.25) is 11.8 Å². The molecular weight excluding hydrogens is 347 g/mol. The molecule has 0 N–H and O–H groups in total. The smallest absolute Gasteiger partial charge is 0.231 e. The van der Waals surface area contributed by atoms with E-state index < -0.39 is 11.3 Å². The predicted octanol–water partition coefficient (Wildman–Crippen LogP) is 3.03. The van der Waals surface area contributed by atoms with E-state index in [1.165, 1.54) is 0 Å². The molecule has 0 saturated carbocycles. The van der Waals surface area contributed by atoms with Crippen molar-refractivity contribution in [3.8, 4) is 0 Å². The van der Waals surface area contributed by atoms with Crippen LogP contribution in [0.5, 0.6) is 0 Å². The van der Waals surface area contributed by atoms with E-state index in [1.807, 2.05) is 22.0 Å². The van der Waals surface area contributed by atoms with Crippen LogP contribution in [0.15, 0.2) is 12.2 Å². The monoisotopic (exact) mass is 372 g/mol. The summed E-state index contributed by atoms with van der Waals surface area (Å²) in [5.41, 5.74) is 0. The fourth-order valence-corrected chi connectivity index (χ4v) is 5.27. The molecular formula is C18H26Cl2N2O2. The summed E-state index contributed by atoms with van der Waals surface area (Å²) in [5, 5.41) is -0.663. The molecule has 24 heavy (non-hydrogen) atoms. The highest BCUT2D eigenvalue weighted by Gasteiger charge is 2.60. The molecule has 134 valence electrons. The highest BCUT2D eigenvalue weighted by molar-refractivity contribution is 6.26. The molecule has 4 nitrogen and oxygen atoms in total. The van der Waals surface area contributed by atoms with Gasteiger partial charge in [0, 0.05) is 13.1 Å². The van der Waals surface area contributed by atoms with E-state index in [4.69, 9.17) is 23.2 Å². The third kappa shape index (κ3) is 2.76. The van der Waals surface area contributed by atoms with Gasteiger partial charge in [-0.25, -0.2) is 0 Å². The first-order valence-electron chi connectivity index (χ1n) is 9.10. The van der Waals surface area contributed by atoms with Crippen LogP contribution in [0.3, 0.4) is 0 Å². The van der Waals surface area contributed by atoms with E-state index in [1.54, 1.807) is 0 Å². The minimum atomic E-state index is -0.444. The van der Waals surface area contributed by atoms with Gasteiger partial charge in [0.1, 0.15) is 0 Å². The Bertz CT molecular complexity index is 533. The number of rotatable bonds is 6. The number of fused-ring (bicyclic) bond motifs is 2. The van der Waals surface area contributed by atoms with Gasteiger partial charge in [-0.15, -0.1) is 23.2 Å². The second-order valence-corrected chi connectivity index (χ2v) is 8.08. The minimum absolute atomic E-state index is 0.0682. The molecule has 0 aromatic heterocycles. The Labute approximate surface area is 154 Å². The highest BCUT2D eigenvalue weighted by Crippen LogP contribution is 2.45. The number of hydrogen-bond acceptors (Lipinski definition) is 2.